The highest BCUT2D eigenvalue weighted by molar-refractivity contribution is 9.10. The summed E-state index contributed by atoms with van der Waals surface area (Å²) in [4.78, 5) is 18.5. The minimum Gasteiger partial charge on any atom is -0.489 e. The summed E-state index contributed by atoms with van der Waals surface area (Å²) in [6.45, 7) is 11.1. The normalized spacial score (nSPS) is 27.3. The Morgan fingerprint density at radius 3 is 2.37 bits per heavy atom. The largest absolute Gasteiger partial charge is 0.489 e. The number of nitrogens with zero attached hydrogens (tertiary/aromatic N) is 2. The lowest BCUT2D eigenvalue weighted by atomic mass is 9.83. The van der Waals surface area contributed by atoms with Crippen LogP contribution in [0.2, 0.25) is 0 Å². The first-order valence-electron chi connectivity index (χ1n) is 9.63. The fourth-order valence-corrected chi connectivity index (χ4v) is 4.88. The minimum atomic E-state index is -0.671. The molecule has 0 aromatic heterocycles. The summed E-state index contributed by atoms with van der Waals surface area (Å²) in [7, 11) is 0. The van der Waals surface area contributed by atoms with Crippen molar-refractivity contribution in [2.45, 2.75) is 19.4 Å². The zero-order valence-corrected chi connectivity index (χ0v) is 17.6. The molecule has 0 aliphatic carbocycles. The van der Waals surface area contributed by atoms with Crippen LogP contribution < -0.4 is 4.74 Å². The van der Waals surface area contributed by atoms with Crippen molar-refractivity contribution in [3.8, 4) is 5.75 Å². The lowest BCUT2D eigenvalue weighted by molar-refractivity contribution is -0.0547. The number of aryl methyl sites for hydroxylation is 1. The third-order valence-corrected chi connectivity index (χ3v) is 7.01. The van der Waals surface area contributed by atoms with Crippen LogP contribution in [0.25, 0.3) is 0 Å². The summed E-state index contributed by atoms with van der Waals surface area (Å²) >= 11 is 3.64. The second kappa shape index (κ2) is 7.79. The number of carbonyl (C=O) groups is 1. The zero-order valence-electron chi connectivity index (χ0n) is 16.1. The van der Waals surface area contributed by atoms with Crippen LogP contribution in [-0.2, 0) is 9.47 Å². The Kier molecular flexibility index (Phi) is 5.58. The SMILES string of the molecule is Cc1cc2c(c(Br)c1C)OC[C@@](CN1CCOCC1)(N1CCOCC1)C2=O. The second-order valence-electron chi connectivity index (χ2n) is 7.65. The van der Waals surface area contributed by atoms with E-state index in [1.54, 1.807) is 0 Å². The van der Waals surface area contributed by atoms with Crippen LogP contribution in [0, 0.1) is 13.8 Å². The molecule has 1 aromatic rings. The monoisotopic (exact) mass is 438 g/mol. The number of benzene rings is 1. The summed E-state index contributed by atoms with van der Waals surface area (Å²) in [6.07, 6.45) is 0. The van der Waals surface area contributed by atoms with Gasteiger partial charge in [0, 0.05) is 32.7 Å². The Hall–Kier alpha value is -0.990. The fourth-order valence-electron chi connectivity index (χ4n) is 4.24. The molecule has 6 nitrogen and oxygen atoms in total. The van der Waals surface area contributed by atoms with Gasteiger partial charge in [-0.05, 0) is 47.0 Å². The molecule has 148 valence electrons. The first kappa shape index (κ1) is 19.3. The molecule has 27 heavy (non-hydrogen) atoms. The van der Waals surface area contributed by atoms with Crippen molar-refractivity contribution >= 4 is 21.7 Å². The lowest BCUT2D eigenvalue weighted by Gasteiger charge is -2.48. The maximum atomic E-state index is 13.9. The molecule has 1 atom stereocenters. The predicted molar refractivity (Wildman–Crippen MR) is 106 cm³/mol. The Bertz CT molecular complexity index is 729. The van der Waals surface area contributed by atoms with E-state index in [9.17, 15) is 4.79 Å². The molecule has 0 unspecified atom stereocenters. The van der Waals surface area contributed by atoms with Gasteiger partial charge in [0.25, 0.3) is 0 Å². The summed E-state index contributed by atoms with van der Waals surface area (Å²) in [5.74, 6) is 0.856. The van der Waals surface area contributed by atoms with Gasteiger partial charge in [-0.25, -0.2) is 0 Å². The van der Waals surface area contributed by atoms with Gasteiger partial charge in [0.05, 0.1) is 36.5 Å². The number of hydrogen-bond acceptors (Lipinski definition) is 6. The van der Waals surface area contributed by atoms with E-state index in [2.05, 4.69) is 25.7 Å². The lowest BCUT2D eigenvalue weighted by Crippen LogP contribution is -2.68. The molecule has 0 bridgehead atoms. The van der Waals surface area contributed by atoms with Crippen molar-refractivity contribution in [3.63, 3.8) is 0 Å². The molecule has 0 saturated carbocycles. The summed E-state index contributed by atoms with van der Waals surface area (Å²) in [5, 5.41) is 0. The Morgan fingerprint density at radius 2 is 1.70 bits per heavy atom. The van der Waals surface area contributed by atoms with Gasteiger partial charge < -0.3 is 14.2 Å². The summed E-state index contributed by atoms with van der Waals surface area (Å²) in [6, 6.07) is 1.99. The number of morpholine rings is 2. The van der Waals surface area contributed by atoms with Crippen molar-refractivity contribution < 1.29 is 19.0 Å². The maximum Gasteiger partial charge on any atom is 0.191 e. The number of carbonyl (C=O) groups excluding carboxylic acids is 1. The van der Waals surface area contributed by atoms with Gasteiger partial charge in [-0.15, -0.1) is 0 Å². The Balaban J connectivity index is 1.73. The van der Waals surface area contributed by atoms with E-state index in [0.717, 1.165) is 41.8 Å². The van der Waals surface area contributed by atoms with Crippen molar-refractivity contribution in [2.24, 2.45) is 0 Å². The van der Waals surface area contributed by atoms with Crippen molar-refractivity contribution in [3.05, 3.63) is 27.2 Å². The first-order valence-corrected chi connectivity index (χ1v) is 10.4. The molecular formula is C20H27BrN2O4. The molecule has 3 aliphatic heterocycles. The van der Waals surface area contributed by atoms with Crippen LogP contribution in [0.15, 0.2) is 10.5 Å². The summed E-state index contributed by atoms with van der Waals surface area (Å²) in [5.41, 5.74) is 2.24. The van der Waals surface area contributed by atoms with Crippen LogP contribution in [0.1, 0.15) is 21.5 Å². The van der Waals surface area contributed by atoms with Crippen molar-refractivity contribution in [1.82, 2.24) is 9.80 Å². The van der Waals surface area contributed by atoms with E-state index < -0.39 is 5.54 Å². The molecule has 4 rings (SSSR count). The van der Waals surface area contributed by atoms with Gasteiger partial charge in [-0.3, -0.25) is 14.6 Å². The molecule has 0 radical (unpaired) electrons. The van der Waals surface area contributed by atoms with Gasteiger partial charge in [-0.2, -0.15) is 0 Å². The maximum absolute atomic E-state index is 13.9. The van der Waals surface area contributed by atoms with Gasteiger partial charge >= 0.3 is 0 Å². The number of ether oxygens (including phenoxy) is 3. The van der Waals surface area contributed by atoms with E-state index >= 15 is 0 Å². The van der Waals surface area contributed by atoms with Gasteiger partial charge in [0.2, 0.25) is 0 Å². The number of ketones is 1. The van der Waals surface area contributed by atoms with E-state index in [1.165, 1.54) is 0 Å². The molecular weight excluding hydrogens is 412 g/mol. The van der Waals surface area contributed by atoms with Crippen molar-refractivity contribution in [1.29, 1.82) is 0 Å². The Morgan fingerprint density at radius 1 is 1.07 bits per heavy atom. The smallest absolute Gasteiger partial charge is 0.191 e. The zero-order chi connectivity index (χ0) is 19.0. The minimum absolute atomic E-state index is 0.168. The third-order valence-electron chi connectivity index (χ3n) is 6.05. The van der Waals surface area contributed by atoms with Crippen LogP contribution in [0.5, 0.6) is 5.75 Å². The van der Waals surface area contributed by atoms with Gasteiger partial charge in [0.15, 0.2) is 5.78 Å². The fraction of sp³-hybridized carbons (Fsp3) is 0.650. The van der Waals surface area contributed by atoms with Gasteiger partial charge in [0.1, 0.15) is 17.9 Å². The summed E-state index contributed by atoms with van der Waals surface area (Å²) < 4.78 is 18.2. The van der Waals surface area contributed by atoms with E-state index in [0.29, 0.717) is 50.9 Å². The molecule has 0 spiro atoms. The predicted octanol–water partition coefficient (Wildman–Crippen LogP) is 2.04. The molecule has 1 aromatic carbocycles. The molecule has 7 heteroatoms. The van der Waals surface area contributed by atoms with Crippen LogP contribution in [0.3, 0.4) is 0 Å². The topological polar surface area (TPSA) is 51.2 Å². The highest BCUT2D eigenvalue weighted by atomic mass is 79.9. The number of hydrogen-bond donors (Lipinski definition) is 0. The average molecular weight is 439 g/mol. The number of halogens is 1. The highest BCUT2D eigenvalue weighted by Gasteiger charge is 2.50. The molecule has 2 fully saturated rings. The quantitative estimate of drug-likeness (QED) is 0.719. The molecule has 3 aliphatic rings. The van der Waals surface area contributed by atoms with Gasteiger partial charge in [-0.1, -0.05) is 0 Å². The molecule has 0 amide bonds. The average Bonchev–Trinajstić information content (AvgIpc) is 2.70. The Labute approximate surface area is 168 Å². The number of rotatable bonds is 3. The highest BCUT2D eigenvalue weighted by Crippen LogP contribution is 2.41. The van der Waals surface area contributed by atoms with Crippen molar-refractivity contribution in [2.75, 3.05) is 65.8 Å². The molecule has 0 N–H and O–H groups in total. The van der Waals surface area contributed by atoms with Crippen LogP contribution in [0.4, 0.5) is 0 Å². The number of Topliss-reactive ketones (excluding diaryl/α,β-unsaturated/α-hetero) is 1. The second-order valence-corrected chi connectivity index (χ2v) is 8.44. The van der Waals surface area contributed by atoms with E-state index in [-0.39, 0.29) is 5.78 Å². The standard InChI is InChI=1S/C20H27BrN2O4/c1-14-11-16-18(17(21)15(14)2)27-13-20(19(16)24,23-5-9-26-10-6-23)12-22-3-7-25-8-4-22/h11H,3-10,12-13H2,1-2H3/t20-/m1/s1. The number of fused-ring (bicyclic) bond motifs is 1. The third kappa shape index (κ3) is 3.44. The molecule has 2 saturated heterocycles. The van der Waals surface area contributed by atoms with Crippen LogP contribution >= 0.6 is 15.9 Å². The van der Waals surface area contributed by atoms with E-state index in [1.807, 2.05) is 19.9 Å². The van der Waals surface area contributed by atoms with Crippen LogP contribution in [-0.4, -0.2) is 86.9 Å². The molecule has 3 heterocycles. The first-order chi connectivity index (χ1) is 13.0. The van der Waals surface area contributed by atoms with E-state index in [4.69, 9.17) is 14.2 Å².